The summed E-state index contributed by atoms with van der Waals surface area (Å²) >= 11 is 0. The van der Waals surface area contributed by atoms with Crippen LogP contribution in [0.5, 0.6) is 5.75 Å². The van der Waals surface area contributed by atoms with Crippen molar-refractivity contribution in [2.75, 3.05) is 0 Å². The number of carbonyl (C=O) groups excluding carboxylic acids is 2. The van der Waals surface area contributed by atoms with Crippen molar-refractivity contribution in [3.63, 3.8) is 0 Å². The minimum absolute atomic E-state index is 0.315. The highest BCUT2D eigenvalue weighted by atomic mass is 16.3. The maximum absolute atomic E-state index is 10.6. The molecule has 0 unspecified atom stereocenters. The third-order valence-corrected chi connectivity index (χ3v) is 1.92. The zero-order valence-electron chi connectivity index (χ0n) is 9.11. The van der Waals surface area contributed by atoms with Gasteiger partial charge in [-0.15, -0.1) is 0 Å². The number of para-hydroxylation sites is 1. The summed E-state index contributed by atoms with van der Waals surface area (Å²) in [4.78, 5) is 20.6. The summed E-state index contributed by atoms with van der Waals surface area (Å²) in [5.74, 6) is -0.150. The van der Waals surface area contributed by atoms with E-state index in [1.165, 1.54) is 0 Å². The minimum atomic E-state index is -0.472. The molecule has 0 fully saturated rings. The number of Topliss-reactive ketones (excluding diaryl/α,β-unsaturated/α-hetero) is 1. The molecular formula is C14H12O3. The van der Waals surface area contributed by atoms with Crippen molar-refractivity contribution in [3.05, 3.63) is 66.2 Å². The van der Waals surface area contributed by atoms with Gasteiger partial charge in [0.25, 0.3) is 0 Å². The number of ketones is 1. The lowest BCUT2D eigenvalue weighted by atomic mass is 10.1. The number of hydrogen-bond acceptors (Lipinski definition) is 3. The number of phenols is 1. The lowest BCUT2D eigenvalue weighted by Crippen LogP contribution is -1.97. The van der Waals surface area contributed by atoms with Crippen LogP contribution in [0.2, 0.25) is 0 Å². The molecule has 0 aliphatic heterocycles. The van der Waals surface area contributed by atoms with Gasteiger partial charge in [-0.25, -0.2) is 0 Å². The van der Waals surface area contributed by atoms with E-state index in [0.717, 1.165) is 0 Å². The predicted molar refractivity (Wildman–Crippen MR) is 64.9 cm³/mol. The van der Waals surface area contributed by atoms with E-state index in [2.05, 4.69) is 0 Å². The topological polar surface area (TPSA) is 54.4 Å². The molecule has 0 saturated carbocycles. The van der Waals surface area contributed by atoms with Crippen LogP contribution >= 0.6 is 0 Å². The SMILES string of the molecule is O=CC(=O)c1ccccc1.Oc1ccccc1. The van der Waals surface area contributed by atoms with E-state index >= 15 is 0 Å². The molecule has 0 amide bonds. The van der Waals surface area contributed by atoms with Crippen molar-refractivity contribution >= 4 is 12.1 Å². The Labute approximate surface area is 99.3 Å². The van der Waals surface area contributed by atoms with Crippen molar-refractivity contribution in [2.45, 2.75) is 0 Å². The molecule has 2 aromatic carbocycles. The normalized spacial score (nSPS) is 8.71. The second-order valence-corrected chi connectivity index (χ2v) is 3.18. The Bertz CT molecular complexity index is 463. The fourth-order valence-corrected chi connectivity index (χ4v) is 1.10. The zero-order valence-corrected chi connectivity index (χ0v) is 9.11. The maximum atomic E-state index is 10.6. The highest BCUT2D eigenvalue weighted by Gasteiger charge is 1.99. The van der Waals surface area contributed by atoms with Gasteiger partial charge in [0.1, 0.15) is 5.75 Å². The van der Waals surface area contributed by atoms with Crippen LogP contribution in [0.1, 0.15) is 10.4 Å². The Morgan fingerprint density at radius 2 is 1.35 bits per heavy atom. The molecule has 3 nitrogen and oxygen atoms in total. The number of hydrogen-bond donors (Lipinski definition) is 1. The average molecular weight is 228 g/mol. The lowest BCUT2D eigenvalue weighted by Gasteiger charge is -1.88. The monoisotopic (exact) mass is 228 g/mol. The molecule has 0 aromatic heterocycles. The van der Waals surface area contributed by atoms with Gasteiger partial charge in [-0.3, -0.25) is 9.59 Å². The molecule has 1 N–H and O–H groups in total. The fourth-order valence-electron chi connectivity index (χ4n) is 1.10. The molecule has 0 heterocycles. The standard InChI is InChI=1S/C8H6O2.C6H6O/c9-6-8(10)7-4-2-1-3-5-7;7-6-4-2-1-3-5-6/h1-6H;1-5,7H. The van der Waals surface area contributed by atoms with Gasteiger partial charge < -0.3 is 5.11 Å². The van der Waals surface area contributed by atoms with Crippen LogP contribution in [-0.2, 0) is 4.79 Å². The van der Waals surface area contributed by atoms with Crippen molar-refractivity contribution in [3.8, 4) is 5.75 Å². The number of benzene rings is 2. The number of aldehydes is 1. The summed E-state index contributed by atoms with van der Waals surface area (Å²) in [7, 11) is 0. The summed E-state index contributed by atoms with van der Waals surface area (Å²) in [5.41, 5.74) is 0.442. The molecule has 2 aromatic rings. The quantitative estimate of drug-likeness (QED) is 0.488. The van der Waals surface area contributed by atoms with Gasteiger partial charge in [0, 0.05) is 5.56 Å². The smallest absolute Gasteiger partial charge is 0.225 e. The van der Waals surface area contributed by atoms with E-state index in [0.29, 0.717) is 17.6 Å². The van der Waals surface area contributed by atoms with Crippen LogP contribution in [0.25, 0.3) is 0 Å². The predicted octanol–water partition coefficient (Wildman–Crippen LogP) is 2.46. The first-order chi connectivity index (χ1) is 8.24. The molecule has 86 valence electrons. The van der Waals surface area contributed by atoms with Crippen molar-refractivity contribution < 1.29 is 14.7 Å². The summed E-state index contributed by atoms with van der Waals surface area (Å²) in [6.45, 7) is 0. The highest BCUT2D eigenvalue weighted by molar-refractivity contribution is 6.33. The number of phenolic OH excluding ortho intramolecular Hbond substituents is 1. The Hall–Kier alpha value is -2.42. The van der Waals surface area contributed by atoms with E-state index in [1.54, 1.807) is 54.6 Å². The Morgan fingerprint density at radius 1 is 0.882 bits per heavy atom. The first-order valence-electron chi connectivity index (χ1n) is 5.02. The van der Waals surface area contributed by atoms with Gasteiger partial charge >= 0.3 is 0 Å². The third kappa shape index (κ3) is 4.75. The molecule has 2 rings (SSSR count). The van der Waals surface area contributed by atoms with E-state index in [9.17, 15) is 9.59 Å². The second kappa shape index (κ2) is 6.95. The number of carbonyl (C=O) groups is 2. The first kappa shape index (κ1) is 12.6. The van der Waals surface area contributed by atoms with Crippen LogP contribution in [0.4, 0.5) is 0 Å². The Kier molecular flexibility index (Phi) is 5.17. The fraction of sp³-hybridized carbons (Fsp3) is 0. The number of aromatic hydroxyl groups is 1. The summed E-state index contributed by atoms with van der Waals surface area (Å²) in [6.07, 6.45) is 0.315. The van der Waals surface area contributed by atoms with Crippen molar-refractivity contribution in [1.29, 1.82) is 0 Å². The summed E-state index contributed by atoms with van der Waals surface area (Å²) in [6, 6.07) is 17.2. The van der Waals surface area contributed by atoms with E-state index < -0.39 is 5.78 Å². The van der Waals surface area contributed by atoms with Crippen molar-refractivity contribution in [1.82, 2.24) is 0 Å². The molecule has 0 spiro atoms. The maximum Gasteiger partial charge on any atom is 0.225 e. The average Bonchev–Trinajstić information content (AvgIpc) is 2.40. The zero-order chi connectivity index (χ0) is 12.5. The van der Waals surface area contributed by atoms with E-state index in [4.69, 9.17) is 5.11 Å². The lowest BCUT2D eigenvalue weighted by molar-refractivity contribution is -0.104. The Morgan fingerprint density at radius 3 is 1.71 bits per heavy atom. The molecular weight excluding hydrogens is 216 g/mol. The molecule has 17 heavy (non-hydrogen) atoms. The molecule has 0 aliphatic carbocycles. The largest absolute Gasteiger partial charge is 0.508 e. The number of rotatable bonds is 2. The van der Waals surface area contributed by atoms with Gasteiger partial charge in [-0.05, 0) is 12.1 Å². The van der Waals surface area contributed by atoms with Crippen molar-refractivity contribution in [2.24, 2.45) is 0 Å². The van der Waals surface area contributed by atoms with E-state index in [1.807, 2.05) is 6.07 Å². The van der Waals surface area contributed by atoms with Crippen LogP contribution in [0.3, 0.4) is 0 Å². The molecule has 0 saturated heterocycles. The van der Waals surface area contributed by atoms with Gasteiger partial charge in [-0.2, -0.15) is 0 Å². The highest BCUT2D eigenvalue weighted by Crippen LogP contribution is 2.02. The molecule has 3 heteroatoms. The summed E-state index contributed by atoms with van der Waals surface area (Å²) < 4.78 is 0. The second-order valence-electron chi connectivity index (χ2n) is 3.18. The van der Waals surface area contributed by atoms with Gasteiger partial charge in [0.05, 0.1) is 0 Å². The van der Waals surface area contributed by atoms with Crippen LogP contribution < -0.4 is 0 Å². The molecule has 0 bridgehead atoms. The minimum Gasteiger partial charge on any atom is -0.508 e. The van der Waals surface area contributed by atoms with Gasteiger partial charge in [0.2, 0.25) is 5.78 Å². The Balaban J connectivity index is 0.000000181. The third-order valence-electron chi connectivity index (χ3n) is 1.92. The molecule has 0 radical (unpaired) electrons. The van der Waals surface area contributed by atoms with Crippen LogP contribution in [0, 0.1) is 0 Å². The van der Waals surface area contributed by atoms with Crippen LogP contribution in [-0.4, -0.2) is 17.2 Å². The van der Waals surface area contributed by atoms with Crippen LogP contribution in [0.15, 0.2) is 60.7 Å². The summed E-state index contributed by atoms with van der Waals surface area (Å²) in [5, 5.41) is 8.63. The van der Waals surface area contributed by atoms with Gasteiger partial charge in [0.15, 0.2) is 6.29 Å². The molecule has 0 aliphatic rings. The molecule has 0 atom stereocenters. The van der Waals surface area contributed by atoms with Gasteiger partial charge in [-0.1, -0.05) is 48.5 Å². The first-order valence-corrected chi connectivity index (χ1v) is 5.02. The van der Waals surface area contributed by atoms with E-state index in [-0.39, 0.29) is 0 Å².